The van der Waals surface area contributed by atoms with Gasteiger partial charge in [0.15, 0.2) is 0 Å². The Morgan fingerprint density at radius 1 is 1.40 bits per heavy atom. The highest BCUT2D eigenvalue weighted by atomic mass is 16.3. The van der Waals surface area contributed by atoms with Gasteiger partial charge in [0.1, 0.15) is 6.10 Å². The maximum Gasteiger partial charge on any atom is 0.207 e. The predicted octanol–water partition coefficient (Wildman–Crippen LogP) is 1.74. The third kappa shape index (κ3) is 1.55. The van der Waals surface area contributed by atoms with Crippen LogP contribution in [0.15, 0.2) is 30.3 Å². The molecular weight excluding hydrogens is 190 g/mol. The van der Waals surface area contributed by atoms with Gasteiger partial charge in [0.05, 0.1) is 5.69 Å². The lowest BCUT2D eigenvalue weighted by Gasteiger charge is -2.04. The number of rotatable bonds is 2. The van der Waals surface area contributed by atoms with Crippen molar-refractivity contribution in [3.05, 3.63) is 36.0 Å². The molecular formula is C12H13NO2. The third-order valence-corrected chi connectivity index (χ3v) is 2.58. The molecule has 2 aromatic rings. The Kier molecular flexibility index (Phi) is 2.32. The molecule has 1 N–H and O–H groups in total. The first-order chi connectivity index (χ1) is 7.11. The Hall–Kier alpha value is -1.61. The van der Waals surface area contributed by atoms with Gasteiger partial charge in [0.25, 0.3) is 0 Å². The van der Waals surface area contributed by atoms with Gasteiger partial charge in [-0.05, 0) is 19.1 Å². The molecule has 0 aliphatic rings. The van der Waals surface area contributed by atoms with Gasteiger partial charge in [-0.25, -0.2) is 0 Å². The molecule has 0 fully saturated rings. The number of benzene rings is 1. The molecule has 3 heteroatoms. The maximum atomic E-state index is 11.7. The monoisotopic (exact) mass is 203 g/mol. The van der Waals surface area contributed by atoms with E-state index in [1.807, 2.05) is 41.9 Å². The normalized spacial score (nSPS) is 13.0. The molecule has 2 rings (SSSR count). The fourth-order valence-electron chi connectivity index (χ4n) is 1.74. The van der Waals surface area contributed by atoms with Gasteiger partial charge in [0.2, 0.25) is 5.78 Å². The van der Waals surface area contributed by atoms with Crippen LogP contribution in [0.25, 0.3) is 10.9 Å². The number of carbonyl (C=O) groups excluding carboxylic acids is 1. The molecule has 3 nitrogen and oxygen atoms in total. The Balaban J connectivity index is 2.63. The number of fused-ring (bicyclic) bond motifs is 1. The first-order valence-corrected chi connectivity index (χ1v) is 4.88. The second-order valence-corrected chi connectivity index (χ2v) is 3.69. The van der Waals surface area contributed by atoms with Crippen LogP contribution in [0.2, 0.25) is 0 Å². The molecule has 1 heterocycles. The van der Waals surface area contributed by atoms with E-state index in [9.17, 15) is 9.90 Å². The van der Waals surface area contributed by atoms with E-state index in [4.69, 9.17) is 0 Å². The van der Waals surface area contributed by atoms with Crippen LogP contribution in [-0.2, 0) is 7.05 Å². The molecule has 0 saturated carbocycles. The van der Waals surface area contributed by atoms with Gasteiger partial charge in [-0.1, -0.05) is 18.2 Å². The number of aromatic nitrogens is 1. The summed E-state index contributed by atoms with van der Waals surface area (Å²) in [5.74, 6) is -0.242. The number of carbonyl (C=O) groups is 1. The zero-order valence-corrected chi connectivity index (χ0v) is 8.77. The van der Waals surface area contributed by atoms with E-state index in [1.54, 1.807) is 0 Å². The van der Waals surface area contributed by atoms with Crippen molar-refractivity contribution in [2.24, 2.45) is 7.05 Å². The van der Waals surface area contributed by atoms with Crippen LogP contribution in [0, 0.1) is 0 Å². The van der Waals surface area contributed by atoms with E-state index in [2.05, 4.69) is 0 Å². The van der Waals surface area contributed by atoms with E-state index >= 15 is 0 Å². The second kappa shape index (κ2) is 3.51. The summed E-state index contributed by atoms with van der Waals surface area (Å²) in [6.45, 7) is 1.49. The first kappa shape index (κ1) is 9.93. The van der Waals surface area contributed by atoms with Crippen LogP contribution in [-0.4, -0.2) is 21.6 Å². The number of ketones is 1. The molecule has 78 valence electrons. The zero-order valence-electron chi connectivity index (χ0n) is 8.77. The molecule has 0 aliphatic carbocycles. The molecule has 0 aliphatic heterocycles. The summed E-state index contributed by atoms with van der Waals surface area (Å²) in [6.07, 6.45) is -0.951. The quantitative estimate of drug-likeness (QED) is 0.755. The Morgan fingerprint density at radius 2 is 2.07 bits per heavy atom. The van der Waals surface area contributed by atoms with E-state index in [1.165, 1.54) is 6.92 Å². The van der Waals surface area contributed by atoms with Gasteiger partial charge in [-0.15, -0.1) is 0 Å². The molecule has 1 aromatic carbocycles. The molecule has 0 amide bonds. The van der Waals surface area contributed by atoms with Crippen molar-refractivity contribution in [2.75, 3.05) is 0 Å². The average Bonchev–Trinajstić information content (AvgIpc) is 2.56. The number of hydrogen-bond acceptors (Lipinski definition) is 2. The van der Waals surface area contributed by atoms with Crippen LogP contribution in [0.1, 0.15) is 17.4 Å². The van der Waals surface area contributed by atoms with Crippen molar-refractivity contribution in [1.82, 2.24) is 4.57 Å². The predicted molar refractivity (Wildman–Crippen MR) is 58.9 cm³/mol. The number of hydrogen-bond donors (Lipinski definition) is 1. The summed E-state index contributed by atoms with van der Waals surface area (Å²) in [4.78, 5) is 11.7. The second-order valence-electron chi connectivity index (χ2n) is 3.69. The topological polar surface area (TPSA) is 42.2 Å². The number of Topliss-reactive ketones (excluding diaryl/α,β-unsaturated/α-hetero) is 1. The largest absolute Gasteiger partial charge is 0.385 e. The van der Waals surface area contributed by atoms with Crippen LogP contribution in [0.4, 0.5) is 0 Å². The summed E-state index contributed by atoms with van der Waals surface area (Å²) in [7, 11) is 1.83. The Bertz CT molecular complexity index is 511. The highest BCUT2D eigenvalue weighted by Gasteiger charge is 2.16. The van der Waals surface area contributed by atoms with E-state index in [-0.39, 0.29) is 5.78 Å². The van der Waals surface area contributed by atoms with Gasteiger partial charge in [0, 0.05) is 18.0 Å². The summed E-state index contributed by atoms with van der Waals surface area (Å²) in [5.41, 5.74) is 1.55. The van der Waals surface area contributed by atoms with Gasteiger partial charge in [-0.3, -0.25) is 4.79 Å². The highest BCUT2D eigenvalue weighted by Crippen LogP contribution is 2.19. The summed E-state index contributed by atoms with van der Waals surface area (Å²) in [5, 5.41) is 10.3. The molecule has 0 bridgehead atoms. The van der Waals surface area contributed by atoms with Crippen molar-refractivity contribution >= 4 is 16.7 Å². The van der Waals surface area contributed by atoms with Crippen LogP contribution in [0.3, 0.4) is 0 Å². The van der Waals surface area contributed by atoms with E-state index in [0.29, 0.717) is 5.69 Å². The fourth-order valence-corrected chi connectivity index (χ4v) is 1.74. The minimum atomic E-state index is -0.951. The molecule has 0 unspecified atom stereocenters. The molecule has 0 saturated heterocycles. The van der Waals surface area contributed by atoms with Crippen LogP contribution < -0.4 is 0 Å². The van der Waals surface area contributed by atoms with Crippen LogP contribution in [0.5, 0.6) is 0 Å². The van der Waals surface area contributed by atoms with Gasteiger partial charge >= 0.3 is 0 Å². The fraction of sp³-hybridized carbons (Fsp3) is 0.250. The van der Waals surface area contributed by atoms with Crippen molar-refractivity contribution in [3.8, 4) is 0 Å². The van der Waals surface area contributed by atoms with Gasteiger partial charge in [-0.2, -0.15) is 0 Å². The first-order valence-electron chi connectivity index (χ1n) is 4.88. The van der Waals surface area contributed by atoms with E-state index in [0.717, 1.165) is 10.9 Å². The molecule has 0 spiro atoms. The SMILES string of the molecule is C[C@H](O)C(=O)c1cc2ccccc2n1C. The minimum Gasteiger partial charge on any atom is -0.385 e. The zero-order chi connectivity index (χ0) is 11.0. The molecule has 1 aromatic heterocycles. The summed E-state index contributed by atoms with van der Waals surface area (Å²) < 4.78 is 1.81. The maximum absolute atomic E-state index is 11.7. The lowest BCUT2D eigenvalue weighted by atomic mass is 10.2. The molecule has 1 atom stereocenters. The number of nitrogens with zero attached hydrogens (tertiary/aromatic N) is 1. The summed E-state index contributed by atoms with van der Waals surface area (Å²) >= 11 is 0. The van der Waals surface area contributed by atoms with Crippen molar-refractivity contribution in [3.63, 3.8) is 0 Å². The lowest BCUT2D eigenvalue weighted by molar-refractivity contribution is 0.0771. The minimum absolute atomic E-state index is 0.242. The van der Waals surface area contributed by atoms with E-state index < -0.39 is 6.10 Å². The number of aryl methyl sites for hydroxylation is 1. The highest BCUT2D eigenvalue weighted by molar-refractivity contribution is 6.02. The molecule has 0 radical (unpaired) electrons. The van der Waals surface area contributed by atoms with Crippen molar-refractivity contribution < 1.29 is 9.90 Å². The summed E-state index contributed by atoms with van der Waals surface area (Å²) in [6, 6.07) is 9.57. The van der Waals surface area contributed by atoms with Crippen molar-refractivity contribution in [2.45, 2.75) is 13.0 Å². The van der Waals surface area contributed by atoms with Crippen molar-refractivity contribution in [1.29, 1.82) is 0 Å². The number of para-hydroxylation sites is 1. The molecule has 15 heavy (non-hydrogen) atoms. The smallest absolute Gasteiger partial charge is 0.207 e. The Labute approximate surface area is 87.9 Å². The standard InChI is InChI=1S/C12H13NO2/c1-8(14)12(15)11-7-9-5-3-4-6-10(9)13(11)2/h3-8,14H,1-2H3/t8-/m0/s1. The lowest BCUT2D eigenvalue weighted by Crippen LogP contribution is -2.18. The van der Waals surface area contributed by atoms with Gasteiger partial charge < -0.3 is 9.67 Å². The number of aliphatic hydroxyl groups is 1. The number of aliphatic hydroxyl groups excluding tert-OH is 1. The average molecular weight is 203 g/mol. The Morgan fingerprint density at radius 3 is 2.67 bits per heavy atom. The third-order valence-electron chi connectivity index (χ3n) is 2.58. The van der Waals surface area contributed by atoms with Crippen LogP contribution >= 0.6 is 0 Å².